The Balaban J connectivity index is 1.69. The van der Waals surface area contributed by atoms with Crippen molar-refractivity contribution in [2.45, 2.75) is 40.0 Å². The highest BCUT2D eigenvalue weighted by atomic mass is 32.2. The normalized spacial score (nSPS) is 19.9. The first kappa shape index (κ1) is 18.8. The number of hydrogen-bond donors (Lipinski definition) is 1. The molecule has 2 heterocycles. The second-order valence-corrected chi connectivity index (χ2v) is 10.9. The molecule has 0 aromatic carbocycles. The number of thioether (sulfide) groups is 2. The van der Waals surface area contributed by atoms with Gasteiger partial charge in [0.15, 0.2) is 0 Å². The van der Waals surface area contributed by atoms with E-state index in [4.69, 9.17) is 0 Å². The number of nitrogens with zero attached hydrogens (tertiary/aromatic N) is 2. The molecule has 1 aliphatic heterocycles. The number of nitrogens with one attached hydrogen (secondary N) is 1. The smallest absolute Gasteiger partial charge is 0.235 e. The number of fused-ring (bicyclic) bond motifs is 1. The lowest BCUT2D eigenvalue weighted by atomic mass is 9.72. The van der Waals surface area contributed by atoms with Gasteiger partial charge in [-0.15, -0.1) is 11.3 Å². The fourth-order valence-electron chi connectivity index (χ4n) is 3.22. The summed E-state index contributed by atoms with van der Waals surface area (Å²) in [7, 11) is 0. The van der Waals surface area contributed by atoms with Crippen LogP contribution < -0.4 is 5.32 Å². The Hall–Kier alpha value is -0.970. The van der Waals surface area contributed by atoms with Gasteiger partial charge < -0.3 is 5.32 Å². The Kier molecular flexibility index (Phi) is 5.81. The molecule has 1 amide bonds. The third kappa shape index (κ3) is 4.42. The second kappa shape index (κ2) is 7.73. The lowest BCUT2D eigenvalue weighted by Gasteiger charge is -2.33. The number of anilines is 1. The monoisotopic (exact) mass is 393 g/mol. The van der Waals surface area contributed by atoms with Gasteiger partial charge in [-0.05, 0) is 36.2 Å². The van der Waals surface area contributed by atoms with Crippen LogP contribution in [0.4, 0.5) is 5.00 Å². The summed E-state index contributed by atoms with van der Waals surface area (Å²) < 4.78 is 0.995. The minimum absolute atomic E-state index is 0.0531. The summed E-state index contributed by atoms with van der Waals surface area (Å²) in [5.74, 6) is 1.93. The Bertz CT molecular complexity index is 740. The third-order valence-corrected chi connectivity index (χ3v) is 8.16. The summed E-state index contributed by atoms with van der Waals surface area (Å²) in [6.07, 6.45) is 3.06. The third-order valence-electron chi connectivity index (χ3n) is 4.74. The second-order valence-electron chi connectivity index (χ2n) is 7.46. The average Bonchev–Trinajstić information content (AvgIpc) is 3.18. The SMILES string of the molecule is CC(C)(C)C1CCc2c(sc(NC(=O)CSC3=NCCS3)c2C#N)C1. The van der Waals surface area contributed by atoms with Gasteiger partial charge in [-0.25, -0.2) is 0 Å². The molecule has 3 rings (SSSR count). The van der Waals surface area contributed by atoms with Crippen molar-refractivity contribution in [3.05, 3.63) is 16.0 Å². The van der Waals surface area contributed by atoms with E-state index in [2.05, 4.69) is 37.1 Å². The number of thiophene rings is 1. The van der Waals surface area contributed by atoms with E-state index in [9.17, 15) is 10.1 Å². The molecule has 134 valence electrons. The highest BCUT2D eigenvalue weighted by Gasteiger charge is 2.32. The number of amides is 1. The van der Waals surface area contributed by atoms with Gasteiger partial charge in [-0.2, -0.15) is 5.26 Å². The lowest BCUT2D eigenvalue weighted by Crippen LogP contribution is -2.26. The molecule has 1 N–H and O–H groups in total. The van der Waals surface area contributed by atoms with Crippen LogP contribution in [0.15, 0.2) is 4.99 Å². The molecule has 1 aromatic rings. The molecule has 1 aromatic heterocycles. The average molecular weight is 394 g/mol. The number of carbonyl (C=O) groups is 1. The summed E-state index contributed by atoms with van der Waals surface area (Å²) in [6, 6.07) is 2.32. The molecule has 7 heteroatoms. The zero-order valence-electron chi connectivity index (χ0n) is 14.8. The molecular weight excluding hydrogens is 370 g/mol. The van der Waals surface area contributed by atoms with Crippen LogP contribution in [-0.4, -0.2) is 28.3 Å². The predicted molar refractivity (Wildman–Crippen MR) is 110 cm³/mol. The van der Waals surface area contributed by atoms with Crippen LogP contribution in [0.1, 0.15) is 43.2 Å². The molecule has 2 aliphatic rings. The maximum absolute atomic E-state index is 12.3. The van der Waals surface area contributed by atoms with Crippen molar-refractivity contribution >= 4 is 50.1 Å². The van der Waals surface area contributed by atoms with Crippen LogP contribution in [0.2, 0.25) is 0 Å². The zero-order chi connectivity index (χ0) is 18.0. The first-order valence-electron chi connectivity index (χ1n) is 8.53. The molecule has 0 radical (unpaired) electrons. The van der Waals surface area contributed by atoms with Gasteiger partial charge in [-0.1, -0.05) is 44.3 Å². The maximum Gasteiger partial charge on any atom is 0.235 e. The molecule has 0 bridgehead atoms. The van der Waals surface area contributed by atoms with Gasteiger partial charge in [0.2, 0.25) is 5.91 Å². The highest BCUT2D eigenvalue weighted by Crippen LogP contribution is 2.44. The first-order valence-corrected chi connectivity index (χ1v) is 11.3. The number of nitriles is 1. The Morgan fingerprint density at radius 2 is 2.28 bits per heavy atom. The Labute approximate surface area is 161 Å². The van der Waals surface area contributed by atoms with E-state index in [0.717, 1.165) is 46.5 Å². The largest absolute Gasteiger partial charge is 0.316 e. The van der Waals surface area contributed by atoms with E-state index in [1.54, 1.807) is 23.1 Å². The fraction of sp³-hybridized carbons (Fsp3) is 0.611. The Morgan fingerprint density at radius 3 is 2.92 bits per heavy atom. The molecule has 0 fully saturated rings. The van der Waals surface area contributed by atoms with Crippen LogP contribution >= 0.6 is 34.9 Å². The van der Waals surface area contributed by atoms with E-state index in [-0.39, 0.29) is 11.3 Å². The molecule has 25 heavy (non-hydrogen) atoms. The van der Waals surface area contributed by atoms with Crippen molar-refractivity contribution in [3.8, 4) is 6.07 Å². The van der Waals surface area contributed by atoms with Gasteiger partial charge in [0.05, 0.1) is 17.9 Å². The van der Waals surface area contributed by atoms with E-state index in [1.165, 1.54) is 16.6 Å². The molecule has 0 spiro atoms. The van der Waals surface area contributed by atoms with Crippen molar-refractivity contribution in [3.63, 3.8) is 0 Å². The van der Waals surface area contributed by atoms with Crippen LogP contribution in [0.3, 0.4) is 0 Å². The van der Waals surface area contributed by atoms with E-state index >= 15 is 0 Å². The number of aliphatic imine (C=N–C) groups is 1. The van der Waals surface area contributed by atoms with E-state index < -0.39 is 0 Å². The topological polar surface area (TPSA) is 65.2 Å². The Morgan fingerprint density at radius 1 is 1.48 bits per heavy atom. The zero-order valence-corrected chi connectivity index (χ0v) is 17.3. The van der Waals surface area contributed by atoms with Crippen LogP contribution in [0.25, 0.3) is 0 Å². The van der Waals surface area contributed by atoms with Crippen molar-refractivity contribution in [2.75, 3.05) is 23.4 Å². The maximum atomic E-state index is 12.3. The summed E-state index contributed by atoms with van der Waals surface area (Å²) in [6.45, 7) is 7.70. The number of carbonyl (C=O) groups excluding carboxylic acids is 1. The summed E-state index contributed by atoms with van der Waals surface area (Å²) in [5, 5.41) is 13.3. The van der Waals surface area contributed by atoms with Crippen molar-refractivity contribution in [1.82, 2.24) is 0 Å². The van der Waals surface area contributed by atoms with Gasteiger partial charge in [-0.3, -0.25) is 9.79 Å². The molecule has 1 unspecified atom stereocenters. The van der Waals surface area contributed by atoms with Crippen LogP contribution in [0, 0.1) is 22.7 Å². The molecule has 0 saturated carbocycles. The van der Waals surface area contributed by atoms with Crippen LogP contribution in [0.5, 0.6) is 0 Å². The van der Waals surface area contributed by atoms with Gasteiger partial charge >= 0.3 is 0 Å². The molecule has 4 nitrogen and oxygen atoms in total. The fourth-order valence-corrected chi connectivity index (χ4v) is 6.33. The summed E-state index contributed by atoms with van der Waals surface area (Å²) in [5.41, 5.74) is 2.11. The van der Waals surface area contributed by atoms with Gasteiger partial charge in [0.25, 0.3) is 0 Å². The van der Waals surface area contributed by atoms with Crippen LogP contribution in [-0.2, 0) is 17.6 Å². The number of hydrogen-bond acceptors (Lipinski definition) is 6. The van der Waals surface area contributed by atoms with Gasteiger partial charge in [0.1, 0.15) is 15.4 Å². The minimum Gasteiger partial charge on any atom is -0.316 e. The first-order chi connectivity index (χ1) is 11.9. The van der Waals surface area contributed by atoms with E-state index in [0.29, 0.717) is 17.2 Å². The predicted octanol–water partition coefficient (Wildman–Crippen LogP) is 4.55. The minimum atomic E-state index is -0.0531. The van der Waals surface area contributed by atoms with Crippen molar-refractivity contribution < 1.29 is 4.79 Å². The summed E-state index contributed by atoms with van der Waals surface area (Å²) in [4.78, 5) is 17.9. The van der Waals surface area contributed by atoms with Crippen molar-refractivity contribution in [2.24, 2.45) is 16.3 Å². The lowest BCUT2D eigenvalue weighted by molar-refractivity contribution is -0.113. The molecule has 1 aliphatic carbocycles. The standard InChI is InChI=1S/C18H23N3OS3/c1-18(2,3)11-4-5-12-13(9-19)16(25-14(12)8-11)21-15(22)10-24-17-20-6-7-23-17/h11H,4-8,10H2,1-3H3,(H,21,22). The van der Waals surface area contributed by atoms with Gasteiger partial charge in [0, 0.05) is 10.6 Å². The van der Waals surface area contributed by atoms with E-state index in [1.807, 2.05) is 0 Å². The molecular formula is C18H23N3OS3. The quantitative estimate of drug-likeness (QED) is 0.818. The van der Waals surface area contributed by atoms with Crippen molar-refractivity contribution in [1.29, 1.82) is 5.26 Å². The molecule has 1 atom stereocenters. The molecule has 0 saturated heterocycles. The summed E-state index contributed by atoms with van der Waals surface area (Å²) >= 11 is 4.79. The highest BCUT2D eigenvalue weighted by molar-refractivity contribution is 8.39. The number of rotatable bonds is 3.